The number of hydrogen-bond acceptors (Lipinski definition) is 5. The molecule has 0 spiro atoms. The monoisotopic (exact) mass is 433 g/mol. The second-order valence-electron chi connectivity index (χ2n) is 7.53. The molecule has 1 N–H and O–H groups in total. The third-order valence-electron chi connectivity index (χ3n) is 5.44. The lowest BCUT2D eigenvalue weighted by atomic mass is 10.1. The maximum Gasteiger partial charge on any atom is 0.250 e. The van der Waals surface area contributed by atoms with Crippen LogP contribution in [0.2, 0.25) is 0 Å². The molecule has 1 saturated heterocycles. The molecule has 1 unspecified atom stereocenters. The SMILES string of the molecule is O=C1COC(c2cn(-c3ccc(F)cc3)nc2-c2ccoc2)N1CCc1ccc(O)cc1. The first-order valence-corrected chi connectivity index (χ1v) is 10.2. The van der Waals surface area contributed by atoms with Crippen LogP contribution in [0.3, 0.4) is 0 Å². The zero-order valence-corrected chi connectivity index (χ0v) is 17.0. The second kappa shape index (κ2) is 8.32. The average molecular weight is 433 g/mol. The van der Waals surface area contributed by atoms with Crippen LogP contribution in [0, 0.1) is 5.82 Å². The molecule has 1 atom stereocenters. The molecule has 2 aromatic heterocycles. The number of aromatic nitrogens is 2. The highest BCUT2D eigenvalue weighted by atomic mass is 19.1. The summed E-state index contributed by atoms with van der Waals surface area (Å²) in [5, 5.41) is 14.2. The molecule has 0 aliphatic carbocycles. The largest absolute Gasteiger partial charge is 0.508 e. The smallest absolute Gasteiger partial charge is 0.250 e. The van der Waals surface area contributed by atoms with Crippen LogP contribution in [0.25, 0.3) is 16.9 Å². The van der Waals surface area contributed by atoms with Gasteiger partial charge in [0.15, 0.2) is 6.23 Å². The summed E-state index contributed by atoms with van der Waals surface area (Å²) < 4.78 is 26.1. The van der Waals surface area contributed by atoms with Crippen LogP contribution in [-0.4, -0.2) is 38.8 Å². The third-order valence-corrected chi connectivity index (χ3v) is 5.44. The zero-order chi connectivity index (χ0) is 22.1. The Balaban J connectivity index is 1.48. The number of ether oxygens (including phenoxy) is 1. The number of phenols is 1. The van der Waals surface area contributed by atoms with Crippen LogP contribution in [0.4, 0.5) is 4.39 Å². The van der Waals surface area contributed by atoms with Crippen LogP contribution in [0.15, 0.2) is 77.7 Å². The summed E-state index contributed by atoms with van der Waals surface area (Å²) in [6.45, 7) is 0.424. The minimum Gasteiger partial charge on any atom is -0.508 e. The lowest BCUT2D eigenvalue weighted by molar-refractivity contribution is -0.128. The molecule has 0 bridgehead atoms. The van der Waals surface area contributed by atoms with Gasteiger partial charge in [0.2, 0.25) is 0 Å². The van der Waals surface area contributed by atoms with Crippen LogP contribution in [-0.2, 0) is 16.0 Å². The topological polar surface area (TPSA) is 80.7 Å². The lowest BCUT2D eigenvalue weighted by Gasteiger charge is -2.23. The van der Waals surface area contributed by atoms with Gasteiger partial charge in [-0.1, -0.05) is 12.1 Å². The molecule has 2 aromatic carbocycles. The normalized spacial score (nSPS) is 16.1. The van der Waals surface area contributed by atoms with Crippen molar-refractivity contribution in [2.45, 2.75) is 12.6 Å². The molecule has 4 aromatic rings. The number of furan rings is 1. The highest BCUT2D eigenvalue weighted by Gasteiger charge is 2.36. The third kappa shape index (κ3) is 3.88. The van der Waals surface area contributed by atoms with Crippen molar-refractivity contribution in [1.82, 2.24) is 14.7 Å². The van der Waals surface area contributed by atoms with Crippen molar-refractivity contribution in [2.75, 3.05) is 13.2 Å². The predicted molar refractivity (Wildman–Crippen MR) is 113 cm³/mol. The molecule has 1 aliphatic heterocycles. The van der Waals surface area contributed by atoms with Crippen molar-refractivity contribution in [3.05, 3.63) is 90.3 Å². The van der Waals surface area contributed by atoms with E-state index in [1.807, 2.05) is 12.1 Å². The number of carbonyl (C=O) groups excluding carboxylic acids is 1. The van der Waals surface area contributed by atoms with Gasteiger partial charge in [-0.25, -0.2) is 9.07 Å². The molecule has 8 heteroatoms. The molecule has 1 amide bonds. The quantitative estimate of drug-likeness (QED) is 0.496. The molecular weight excluding hydrogens is 413 g/mol. The van der Waals surface area contributed by atoms with Gasteiger partial charge in [-0.2, -0.15) is 5.10 Å². The van der Waals surface area contributed by atoms with Crippen molar-refractivity contribution in [3.63, 3.8) is 0 Å². The Labute approximate surface area is 183 Å². The van der Waals surface area contributed by atoms with Gasteiger partial charge < -0.3 is 19.2 Å². The van der Waals surface area contributed by atoms with Crippen LogP contribution in [0.5, 0.6) is 5.75 Å². The summed E-state index contributed by atoms with van der Waals surface area (Å²) >= 11 is 0. The Bertz CT molecular complexity index is 1220. The fourth-order valence-corrected chi connectivity index (χ4v) is 3.78. The fourth-order valence-electron chi connectivity index (χ4n) is 3.78. The van der Waals surface area contributed by atoms with Crippen molar-refractivity contribution < 1.29 is 23.4 Å². The van der Waals surface area contributed by atoms with Gasteiger partial charge in [-0.05, 0) is 54.4 Å². The Kier molecular flexibility index (Phi) is 5.20. The molecule has 162 valence electrons. The predicted octanol–water partition coefficient (Wildman–Crippen LogP) is 4.08. The molecule has 5 rings (SSSR count). The van der Waals surface area contributed by atoms with Crippen molar-refractivity contribution in [3.8, 4) is 22.7 Å². The molecule has 7 nitrogen and oxygen atoms in total. The number of nitrogens with zero attached hydrogens (tertiary/aromatic N) is 3. The van der Waals surface area contributed by atoms with Gasteiger partial charge in [-0.3, -0.25) is 4.79 Å². The number of aromatic hydroxyl groups is 1. The van der Waals surface area contributed by atoms with Crippen molar-refractivity contribution >= 4 is 5.91 Å². The zero-order valence-electron chi connectivity index (χ0n) is 17.0. The summed E-state index contributed by atoms with van der Waals surface area (Å²) in [6.07, 6.45) is 4.93. The summed E-state index contributed by atoms with van der Waals surface area (Å²) in [7, 11) is 0. The van der Waals surface area contributed by atoms with Crippen LogP contribution >= 0.6 is 0 Å². The first kappa shape index (κ1) is 20.0. The molecule has 1 fully saturated rings. The summed E-state index contributed by atoms with van der Waals surface area (Å²) in [6, 6.07) is 14.7. The maximum absolute atomic E-state index is 13.4. The Morgan fingerprint density at radius 3 is 2.59 bits per heavy atom. The van der Waals surface area contributed by atoms with E-state index in [2.05, 4.69) is 5.10 Å². The number of amides is 1. The number of hydrogen-bond donors (Lipinski definition) is 1. The fraction of sp³-hybridized carbons (Fsp3) is 0.167. The molecule has 0 saturated carbocycles. The Morgan fingerprint density at radius 1 is 1.09 bits per heavy atom. The first-order valence-electron chi connectivity index (χ1n) is 10.2. The lowest BCUT2D eigenvalue weighted by Crippen LogP contribution is -2.30. The van der Waals surface area contributed by atoms with Gasteiger partial charge >= 0.3 is 0 Å². The van der Waals surface area contributed by atoms with Gasteiger partial charge in [0.05, 0.1) is 18.2 Å². The standard InChI is InChI=1S/C24H20FN3O4/c25-18-3-5-19(6-4-18)28-13-21(23(26-28)17-10-12-31-14-17)24-27(22(30)15-32-24)11-9-16-1-7-20(29)8-2-16/h1-8,10,12-14,24,29H,9,11,15H2. The van der Waals surface area contributed by atoms with Gasteiger partial charge in [0.25, 0.3) is 5.91 Å². The van der Waals surface area contributed by atoms with E-state index in [0.717, 1.165) is 11.1 Å². The van der Waals surface area contributed by atoms with E-state index < -0.39 is 6.23 Å². The Hall–Kier alpha value is -3.91. The number of phenolic OH excluding ortho intramolecular Hbond substituents is 1. The highest BCUT2D eigenvalue weighted by molar-refractivity contribution is 5.80. The van der Waals surface area contributed by atoms with E-state index in [-0.39, 0.29) is 24.1 Å². The molecular formula is C24H20FN3O4. The maximum atomic E-state index is 13.4. The Morgan fingerprint density at radius 2 is 1.88 bits per heavy atom. The van der Waals surface area contributed by atoms with E-state index in [1.165, 1.54) is 12.1 Å². The average Bonchev–Trinajstić information content (AvgIpc) is 3.53. The molecule has 3 heterocycles. The van der Waals surface area contributed by atoms with Crippen LogP contribution in [0.1, 0.15) is 17.4 Å². The number of halogens is 1. The van der Waals surface area contributed by atoms with Gasteiger partial charge in [0, 0.05) is 23.9 Å². The first-order chi connectivity index (χ1) is 15.6. The highest BCUT2D eigenvalue weighted by Crippen LogP contribution is 2.35. The molecule has 1 aliphatic rings. The van der Waals surface area contributed by atoms with Gasteiger partial charge in [-0.15, -0.1) is 0 Å². The van der Waals surface area contributed by atoms with E-state index >= 15 is 0 Å². The van der Waals surface area contributed by atoms with E-state index in [0.29, 0.717) is 29.9 Å². The number of carbonyl (C=O) groups is 1. The minimum absolute atomic E-state index is 0.0210. The number of rotatable bonds is 6. The van der Waals surface area contributed by atoms with Crippen molar-refractivity contribution in [2.24, 2.45) is 0 Å². The van der Waals surface area contributed by atoms with E-state index in [9.17, 15) is 14.3 Å². The summed E-state index contributed by atoms with van der Waals surface area (Å²) in [4.78, 5) is 14.3. The summed E-state index contributed by atoms with van der Waals surface area (Å²) in [5.41, 5.74) is 3.77. The van der Waals surface area contributed by atoms with Crippen molar-refractivity contribution in [1.29, 1.82) is 0 Å². The minimum atomic E-state index is -0.612. The molecule has 32 heavy (non-hydrogen) atoms. The van der Waals surface area contributed by atoms with E-state index in [1.54, 1.807) is 58.6 Å². The summed E-state index contributed by atoms with van der Waals surface area (Å²) in [5.74, 6) is -0.243. The second-order valence-corrected chi connectivity index (χ2v) is 7.53. The molecule has 0 radical (unpaired) electrons. The van der Waals surface area contributed by atoms with E-state index in [4.69, 9.17) is 9.15 Å². The number of benzene rings is 2. The van der Waals surface area contributed by atoms with Crippen LogP contribution < -0.4 is 0 Å². The van der Waals surface area contributed by atoms with Gasteiger partial charge in [0.1, 0.15) is 23.9 Å².